The van der Waals surface area contributed by atoms with Crippen molar-refractivity contribution in [3.63, 3.8) is 0 Å². The largest absolute Gasteiger partial charge is 0.461 e. The molecule has 2 aromatic rings. The zero-order chi connectivity index (χ0) is 20.0. The Morgan fingerprint density at radius 2 is 1.81 bits per heavy atom. The van der Waals surface area contributed by atoms with E-state index in [4.69, 9.17) is 4.74 Å². The van der Waals surface area contributed by atoms with Crippen LogP contribution in [0, 0.1) is 12.8 Å². The molecule has 7 nitrogen and oxygen atoms in total. The van der Waals surface area contributed by atoms with Crippen LogP contribution >= 0.6 is 11.3 Å². The van der Waals surface area contributed by atoms with Crippen molar-refractivity contribution in [1.29, 1.82) is 0 Å². The molecule has 0 radical (unpaired) electrons. The zero-order valence-electron chi connectivity index (χ0n) is 15.8. The summed E-state index contributed by atoms with van der Waals surface area (Å²) >= 11 is 1.10. The van der Waals surface area contributed by atoms with Gasteiger partial charge in [-0.2, -0.15) is 0 Å². The summed E-state index contributed by atoms with van der Waals surface area (Å²) in [5, 5.41) is 5.74. The zero-order valence-corrected chi connectivity index (χ0v) is 16.6. The minimum absolute atomic E-state index is 0.151. The van der Waals surface area contributed by atoms with Crippen LogP contribution in [-0.2, 0) is 20.7 Å². The molecule has 0 spiro atoms. The summed E-state index contributed by atoms with van der Waals surface area (Å²) in [7, 11) is 0. The highest BCUT2D eigenvalue weighted by molar-refractivity contribution is 7.17. The molecule has 27 heavy (non-hydrogen) atoms. The van der Waals surface area contributed by atoms with Crippen molar-refractivity contribution in [3.8, 4) is 0 Å². The molecule has 0 bridgehead atoms. The van der Waals surface area contributed by atoms with E-state index in [1.54, 1.807) is 31.2 Å². The molecule has 144 valence electrons. The maximum Gasteiger partial charge on any atom is 0.350 e. The summed E-state index contributed by atoms with van der Waals surface area (Å²) in [5.74, 6) is -0.563. The van der Waals surface area contributed by atoms with Crippen molar-refractivity contribution in [2.24, 2.45) is 5.92 Å². The van der Waals surface area contributed by atoms with Crippen LogP contribution in [-0.4, -0.2) is 29.4 Å². The van der Waals surface area contributed by atoms with E-state index in [0.29, 0.717) is 28.0 Å². The van der Waals surface area contributed by atoms with Crippen LogP contribution in [0.5, 0.6) is 0 Å². The van der Waals surface area contributed by atoms with Gasteiger partial charge in [-0.1, -0.05) is 37.3 Å². The fraction of sp³-hybridized carbons (Fsp3) is 0.368. The van der Waals surface area contributed by atoms with Crippen molar-refractivity contribution in [2.45, 2.75) is 34.1 Å². The molecule has 0 atom stereocenters. The minimum atomic E-state index is -0.423. The third kappa shape index (κ3) is 6.49. The summed E-state index contributed by atoms with van der Waals surface area (Å²) < 4.78 is 5.21. The fourth-order valence-electron chi connectivity index (χ4n) is 2.21. The highest BCUT2D eigenvalue weighted by atomic mass is 32.1. The Bertz CT molecular complexity index is 828. The minimum Gasteiger partial charge on any atom is -0.461 e. The van der Waals surface area contributed by atoms with Crippen molar-refractivity contribution in [3.05, 3.63) is 40.4 Å². The van der Waals surface area contributed by atoms with Crippen LogP contribution in [0.4, 0.5) is 10.8 Å². The number of hydrogen-bond donors (Lipinski definition) is 2. The molecule has 1 aromatic carbocycles. The van der Waals surface area contributed by atoms with E-state index in [9.17, 15) is 14.4 Å². The number of rotatable bonds is 7. The number of thiazole rings is 1. The molecule has 2 amide bonds. The molecule has 0 fully saturated rings. The second-order valence-electron chi connectivity index (χ2n) is 6.53. The number of amides is 2. The molecule has 8 heteroatoms. The van der Waals surface area contributed by atoms with Gasteiger partial charge in [-0.3, -0.25) is 9.59 Å². The summed E-state index contributed by atoms with van der Waals surface area (Å²) in [6, 6.07) is 7.01. The summed E-state index contributed by atoms with van der Waals surface area (Å²) in [6.45, 7) is 7.40. The van der Waals surface area contributed by atoms with Gasteiger partial charge in [0.15, 0.2) is 5.13 Å². The number of nitrogens with zero attached hydrogens (tertiary/aromatic N) is 1. The van der Waals surface area contributed by atoms with E-state index in [1.165, 1.54) is 6.92 Å². The second-order valence-corrected chi connectivity index (χ2v) is 7.53. The van der Waals surface area contributed by atoms with Gasteiger partial charge in [0.2, 0.25) is 11.8 Å². The summed E-state index contributed by atoms with van der Waals surface area (Å²) in [6.07, 6.45) is 0.159. The number of anilines is 2. The Morgan fingerprint density at radius 3 is 2.41 bits per heavy atom. The highest BCUT2D eigenvalue weighted by Crippen LogP contribution is 2.24. The van der Waals surface area contributed by atoms with Crippen LogP contribution in [0.3, 0.4) is 0 Å². The van der Waals surface area contributed by atoms with E-state index in [1.807, 2.05) is 13.8 Å². The number of aryl methyl sites for hydroxylation is 1. The number of carbonyl (C=O) groups is 3. The molecule has 0 saturated heterocycles. The van der Waals surface area contributed by atoms with E-state index in [0.717, 1.165) is 16.9 Å². The maximum absolute atomic E-state index is 12.2. The van der Waals surface area contributed by atoms with E-state index in [-0.39, 0.29) is 24.2 Å². The molecular weight excluding hydrogens is 366 g/mol. The average molecular weight is 389 g/mol. The van der Waals surface area contributed by atoms with Gasteiger partial charge in [0.1, 0.15) is 4.88 Å². The number of benzene rings is 1. The quantitative estimate of drug-likeness (QED) is 0.707. The van der Waals surface area contributed by atoms with Gasteiger partial charge >= 0.3 is 5.97 Å². The first-order chi connectivity index (χ1) is 12.7. The molecule has 0 unspecified atom stereocenters. The number of aromatic nitrogens is 1. The van der Waals surface area contributed by atoms with E-state index in [2.05, 4.69) is 15.6 Å². The van der Waals surface area contributed by atoms with E-state index >= 15 is 0 Å². The summed E-state index contributed by atoms with van der Waals surface area (Å²) in [4.78, 5) is 39.9. The van der Waals surface area contributed by atoms with Gasteiger partial charge in [0.05, 0.1) is 18.7 Å². The van der Waals surface area contributed by atoms with Gasteiger partial charge in [0.25, 0.3) is 0 Å². The van der Waals surface area contributed by atoms with Crippen LogP contribution in [0.2, 0.25) is 0 Å². The first-order valence-electron chi connectivity index (χ1n) is 8.55. The summed E-state index contributed by atoms with van der Waals surface area (Å²) in [5.41, 5.74) is 2.00. The van der Waals surface area contributed by atoms with Crippen molar-refractivity contribution >= 4 is 39.9 Å². The Kier molecular flexibility index (Phi) is 7.06. The first-order valence-corrected chi connectivity index (χ1v) is 9.37. The molecule has 0 aliphatic heterocycles. The lowest BCUT2D eigenvalue weighted by Gasteiger charge is -2.05. The predicted octanol–water partition coefficient (Wildman–Crippen LogP) is 3.40. The lowest BCUT2D eigenvalue weighted by atomic mass is 10.1. The van der Waals surface area contributed by atoms with Crippen molar-refractivity contribution < 1.29 is 19.1 Å². The second kappa shape index (κ2) is 9.27. The molecule has 2 rings (SSSR count). The number of carbonyl (C=O) groups excluding carboxylic acids is 3. The number of ether oxygens (including phenoxy) is 1. The molecule has 1 heterocycles. The molecule has 1 aromatic heterocycles. The Hall–Kier alpha value is -2.74. The van der Waals surface area contributed by atoms with Gasteiger partial charge < -0.3 is 15.4 Å². The lowest BCUT2D eigenvalue weighted by molar-refractivity contribution is -0.116. The molecule has 0 aliphatic carbocycles. The van der Waals surface area contributed by atoms with Crippen LogP contribution in [0.1, 0.15) is 41.7 Å². The number of esters is 1. The SMILES string of the molecule is CC(=O)Nc1ccc(CC(=O)Nc2nc(C)c(C(=O)OCC(C)C)s2)cc1. The lowest BCUT2D eigenvalue weighted by Crippen LogP contribution is -2.14. The monoisotopic (exact) mass is 389 g/mol. The topological polar surface area (TPSA) is 97.4 Å². The molecule has 2 N–H and O–H groups in total. The predicted molar refractivity (Wildman–Crippen MR) is 105 cm³/mol. The van der Waals surface area contributed by atoms with Crippen molar-refractivity contribution in [2.75, 3.05) is 17.2 Å². The Labute approximate surface area is 162 Å². The Balaban J connectivity index is 1.95. The number of hydrogen-bond acceptors (Lipinski definition) is 6. The number of nitrogens with one attached hydrogen (secondary N) is 2. The van der Waals surface area contributed by atoms with Gasteiger partial charge in [-0.15, -0.1) is 0 Å². The van der Waals surface area contributed by atoms with Gasteiger partial charge in [-0.25, -0.2) is 9.78 Å². The fourth-order valence-corrected chi connectivity index (χ4v) is 3.08. The van der Waals surface area contributed by atoms with E-state index < -0.39 is 5.97 Å². The Morgan fingerprint density at radius 1 is 1.15 bits per heavy atom. The van der Waals surface area contributed by atoms with Crippen LogP contribution < -0.4 is 10.6 Å². The van der Waals surface area contributed by atoms with Crippen LogP contribution in [0.25, 0.3) is 0 Å². The highest BCUT2D eigenvalue weighted by Gasteiger charge is 2.18. The van der Waals surface area contributed by atoms with Crippen LogP contribution in [0.15, 0.2) is 24.3 Å². The standard InChI is InChI=1S/C19H23N3O4S/c1-11(2)10-26-18(25)17-12(3)20-19(27-17)22-16(24)9-14-5-7-15(8-6-14)21-13(4)23/h5-8,11H,9-10H2,1-4H3,(H,21,23)(H,20,22,24). The smallest absolute Gasteiger partial charge is 0.350 e. The average Bonchev–Trinajstić information content (AvgIpc) is 2.94. The van der Waals surface area contributed by atoms with Gasteiger partial charge in [0, 0.05) is 12.6 Å². The van der Waals surface area contributed by atoms with Gasteiger partial charge in [-0.05, 0) is 30.5 Å². The third-order valence-electron chi connectivity index (χ3n) is 3.42. The molecule has 0 saturated carbocycles. The maximum atomic E-state index is 12.2. The van der Waals surface area contributed by atoms with Crippen molar-refractivity contribution in [1.82, 2.24) is 4.98 Å². The normalized spacial score (nSPS) is 10.6. The third-order valence-corrected chi connectivity index (χ3v) is 4.47. The first kappa shape index (κ1) is 20.6. The molecule has 0 aliphatic rings. The molecular formula is C19H23N3O4S.